The summed E-state index contributed by atoms with van der Waals surface area (Å²) in [5.74, 6) is -0.363. The number of imidazole rings is 1. The van der Waals surface area contributed by atoms with Gasteiger partial charge < -0.3 is 19.6 Å². The third-order valence-corrected chi connectivity index (χ3v) is 3.26. The van der Waals surface area contributed by atoms with E-state index in [1.54, 1.807) is 4.90 Å². The van der Waals surface area contributed by atoms with Crippen LogP contribution in [-0.2, 0) is 17.9 Å². The van der Waals surface area contributed by atoms with Crippen LogP contribution in [0.4, 0.5) is 5.82 Å². The van der Waals surface area contributed by atoms with Gasteiger partial charge in [-0.15, -0.1) is 0 Å². The summed E-state index contributed by atoms with van der Waals surface area (Å²) in [5.41, 5.74) is 1.04. The van der Waals surface area contributed by atoms with Crippen LogP contribution in [-0.4, -0.2) is 31.3 Å². The summed E-state index contributed by atoms with van der Waals surface area (Å²) in [6.07, 6.45) is 2.57. The lowest BCUT2D eigenvalue weighted by Crippen LogP contribution is -2.38. The van der Waals surface area contributed by atoms with Gasteiger partial charge in [0.1, 0.15) is 12.7 Å². The average molecular weight is 302 g/mol. The van der Waals surface area contributed by atoms with Crippen molar-refractivity contribution in [3.63, 3.8) is 0 Å². The third-order valence-electron chi connectivity index (χ3n) is 3.26. The Morgan fingerprint density at radius 3 is 2.59 bits per heavy atom. The van der Waals surface area contributed by atoms with Gasteiger partial charge in [-0.1, -0.05) is 30.3 Å². The summed E-state index contributed by atoms with van der Waals surface area (Å²) in [6.45, 7) is 4.42. The van der Waals surface area contributed by atoms with E-state index in [-0.39, 0.29) is 24.3 Å². The molecule has 2 aromatic rings. The minimum atomic E-state index is -0.578. The zero-order chi connectivity index (χ0) is 16.1. The van der Waals surface area contributed by atoms with Gasteiger partial charge in [0.25, 0.3) is 0 Å². The monoisotopic (exact) mass is 302 g/mol. The maximum Gasteiger partial charge on any atom is 0.381 e. The molecule has 0 bridgehead atoms. The molecule has 0 aliphatic rings. The molecule has 1 heterocycles. The zero-order valence-electron chi connectivity index (χ0n) is 12.5. The molecule has 1 aromatic heterocycles. The fraction of sp³-hybridized carbons (Fsp3) is 0.333. The summed E-state index contributed by atoms with van der Waals surface area (Å²) in [7, 11) is 0. The van der Waals surface area contributed by atoms with Crippen LogP contribution in [0.25, 0.3) is 0 Å². The number of carbonyl (C=O) groups is 1. The molecule has 116 valence electrons. The van der Waals surface area contributed by atoms with Crippen molar-refractivity contribution in [3.8, 4) is 0 Å². The second-order valence-electron chi connectivity index (χ2n) is 5.26. The van der Waals surface area contributed by atoms with Gasteiger partial charge in [-0.05, 0) is 29.3 Å². The summed E-state index contributed by atoms with van der Waals surface area (Å²) in [5, 5.41) is 10.6. The second-order valence-corrected chi connectivity index (χ2v) is 5.26. The lowest BCUT2D eigenvalue weighted by molar-refractivity contribution is -0.389. The lowest BCUT2D eigenvalue weighted by Gasteiger charge is -2.27. The summed E-state index contributed by atoms with van der Waals surface area (Å²) < 4.78 is 1.43. The summed E-state index contributed by atoms with van der Waals surface area (Å²) >= 11 is 0. The maximum atomic E-state index is 12.4. The highest BCUT2D eigenvalue weighted by atomic mass is 16.6. The standard InChI is InChI=1S/C15H18N4O3/c1-12(2)18(8-13-6-4-3-5-7-13)15(20)10-17-9-14(16-11-17)19(21)22/h3-7,9,11-12H,8,10H2,1-2H3. The molecule has 1 aromatic carbocycles. The van der Waals surface area contributed by atoms with E-state index in [4.69, 9.17) is 0 Å². The van der Waals surface area contributed by atoms with E-state index in [2.05, 4.69) is 4.98 Å². The Morgan fingerprint density at radius 1 is 1.36 bits per heavy atom. The van der Waals surface area contributed by atoms with E-state index >= 15 is 0 Å². The molecule has 0 fully saturated rings. The Balaban J connectivity index is 2.07. The van der Waals surface area contributed by atoms with Crippen LogP contribution in [0.1, 0.15) is 19.4 Å². The Hall–Kier alpha value is -2.70. The van der Waals surface area contributed by atoms with Crippen LogP contribution >= 0.6 is 0 Å². The highest BCUT2D eigenvalue weighted by Gasteiger charge is 2.19. The van der Waals surface area contributed by atoms with E-state index in [0.29, 0.717) is 6.54 Å². The largest absolute Gasteiger partial charge is 0.381 e. The minimum Gasteiger partial charge on any atom is -0.358 e. The number of rotatable bonds is 6. The molecule has 0 radical (unpaired) electrons. The smallest absolute Gasteiger partial charge is 0.358 e. The number of nitrogens with zero attached hydrogens (tertiary/aromatic N) is 4. The predicted octanol–water partition coefficient (Wildman–Crippen LogP) is 2.23. The number of hydrogen-bond donors (Lipinski definition) is 0. The topological polar surface area (TPSA) is 81.3 Å². The fourth-order valence-corrected chi connectivity index (χ4v) is 2.11. The average Bonchev–Trinajstić information content (AvgIpc) is 2.94. The number of amides is 1. The maximum absolute atomic E-state index is 12.4. The minimum absolute atomic E-state index is 0.0335. The van der Waals surface area contributed by atoms with Crippen molar-refractivity contribution in [1.29, 1.82) is 0 Å². The molecular weight excluding hydrogens is 284 g/mol. The molecule has 1 amide bonds. The SMILES string of the molecule is CC(C)N(Cc1ccccc1)C(=O)Cn1cnc([N+](=O)[O-])c1. The zero-order valence-corrected chi connectivity index (χ0v) is 12.5. The van der Waals surface area contributed by atoms with Gasteiger partial charge in [-0.3, -0.25) is 4.79 Å². The van der Waals surface area contributed by atoms with Gasteiger partial charge in [0, 0.05) is 12.6 Å². The molecule has 0 aliphatic heterocycles. The van der Waals surface area contributed by atoms with Crippen LogP contribution < -0.4 is 0 Å². The molecule has 0 saturated heterocycles. The molecule has 0 unspecified atom stereocenters. The van der Waals surface area contributed by atoms with E-state index in [1.165, 1.54) is 17.1 Å². The van der Waals surface area contributed by atoms with Gasteiger partial charge in [0.05, 0.1) is 0 Å². The predicted molar refractivity (Wildman–Crippen MR) is 81.0 cm³/mol. The summed E-state index contributed by atoms with van der Waals surface area (Å²) in [4.78, 5) is 27.9. The molecule has 22 heavy (non-hydrogen) atoms. The first-order valence-electron chi connectivity index (χ1n) is 6.97. The molecule has 0 spiro atoms. The van der Waals surface area contributed by atoms with Crippen molar-refractivity contribution >= 4 is 11.7 Å². The van der Waals surface area contributed by atoms with E-state index in [9.17, 15) is 14.9 Å². The molecule has 7 heteroatoms. The Bertz CT molecular complexity index is 652. The van der Waals surface area contributed by atoms with Gasteiger partial charge in [0.2, 0.25) is 12.2 Å². The molecule has 2 rings (SSSR count). The third kappa shape index (κ3) is 3.91. The molecule has 0 atom stereocenters. The van der Waals surface area contributed by atoms with Crippen LogP contribution in [0.3, 0.4) is 0 Å². The summed E-state index contributed by atoms with van der Waals surface area (Å²) in [6, 6.07) is 9.74. The molecule has 7 nitrogen and oxygen atoms in total. The van der Waals surface area contributed by atoms with Crippen LogP contribution in [0, 0.1) is 10.1 Å². The Morgan fingerprint density at radius 2 is 2.05 bits per heavy atom. The molecule has 0 saturated carbocycles. The Labute approximate surface area is 128 Å². The van der Waals surface area contributed by atoms with E-state index in [1.807, 2.05) is 44.2 Å². The van der Waals surface area contributed by atoms with Gasteiger partial charge in [0.15, 0.2) is 0 Å². The van der Waals surface area contributed by atoms with Crippen molar-refractivity contribution in [3.05, 3.63) is 58.5 Å². The van der Waals surface area contributed by atoms with Crippen molar-refractivity contribution in [2.75, 3.05) is 0 Å². The van der Waals surface area contributed by atoms with Crippen LogP contribution in [0.5, 0.6) is 0 Å². The normalized spacial score (nSPS) is 10.7. The van der Waals surface area contributed by atoms with Crippen molar-refractivity contribution in [2.45, 2.75) is 33.0 Å². The first-order valence-corrected chi connectivity index (χ1v) is 6.97. The van der Waals surface area contributed by atoms with Gasteiger partial charge >= 0.3 is 5.82 Å². The second kappa shape index (κ2) is 6.84. The fourth-order valence-electron chi connectivity index (χ4n) is 2.11. The van der Waals surface area contributed by atoms with Crippen LogP contribution in [0.15, 0.2) is 42.9 Å². The first kappa shape index (κ1) is 15.7. The van der Waals surface area contributed by atoms with Crippen molar-refractivity contribution < 1.29 is 9.72 Å². The highest BCUT2D eigenvalue weighted by molar-refractivity contribution is 5.76. The lowest BCUT2D eigenvalue weighted by atomic mass is 10.2. The number of aromatic nitrogens is 2. The number of nitro groups is 1. The molecule has 0 N–H and O–H groups in total. The van der Waals surface area contributed by atoms with Crippen LogP contribution in [0.2, 0.25) is 0 Å². The number of carbonyl (C=O) groups excluding carboxylic acids is 1. The van der Waals surface area contributed by atoms with E-state index in [0.717, 1.165) is 5.56 Å². The van der Waals surface area contributed by atoms with E-state index < -0.39 is 4.92 Å². The van der Waals surface area contributed by atoms with Gasteiger partial charge in [-0.2, -0.15) is 0 Å². The molecular formula is C15H18N4O3. The van der Waals surface area contributed by atoms with Gasteiger partial charge in [-0.25, -0.2) is 0 Å². The molecule has 0 aliphatic carbocycles. The van der Waals surface area contributed by atoms with Crippen molar-refractivity contribution in [1.82, 2.24) is 14.5 Å². The first-order chi connectivity index (χ1) is 10.5. The highest BCUT2D eigenvalue weighted by Crippen LogP contribution is 2.11. The Kier molecular flexibility index (Phi) is 4.88. The van der Waals surface area contributed by atoms with Crippen molar-refractivity contribution in [2.24, 2.45) is 0 Å². The number of benzene rings is 1. The number of hydrogen-bond acceptors (Lipinski definition) is 4. The quantitative estimate of drug-likeness (QED) is 0.605.